The Balaban J connectivity index is 2.22. The van der Waals surface area contributed by atoms with Crippen LogP contribution in [0.15, 0.2) is 0 Å². The third-order valence-electron chi connectivity index (χ3n) is 3.16. The predicted octanol–water partition coefficient (Wildman–Crippen LogP) is 0.648. The number of carbonyl (C=O) groups is 2. The normalized spacial score (nSPS) is 17.5. The Bertz CT molecular complexity index is 380. The zero-order valence-corrected chi connectivity index (χ0v) is 12.9. The van der Waals surface area contributed by atoms with Gasteiger partial charge in [-0.25, -0.2) is 4.79 Å². The molecule has 1 saturated heterocycles. The van der Waals surface area contributed by atoms with E-state index in [-0.39, 0.29) is 6.54 Å². The van der Waals surface area contributed by atoms with E-state index in [0.29, 0.717) is 19.0 Å². The summed E-state index contributed by atoms with van der Waals surface area (Å²) in [6, 6.07) is -1.12. The van der Waals surface area contributed by atoms with Gasteiger partial charge in [0.15, 0.2) is 0 Å². The molecule has 0 aromatic heterocycles. The lowest BCUT2D eigenvalue weighted by molar-refractivity contribution is -0.125. The molecule has 1 aliphatic heterocycles. The number of carbonyl (C=O) groups excluding carboxylic acids is 2. The molecule has 0 bridgehead atoms. The average molecular weight is 324 g/mol. The van der Waals surface area contributed by atoms with Crippen molar-refractivity contribution in [2.75, 3.05) is 45.8 Å². The van der Waals surface area contributed by atoms with Crippen LogP contribution >= 0.6 is 0 Å². The van der Waals surface area contributed by atoms with Gasteiger partial charge in [-0.15, -0.1) is 0 Å². The summed E-state index contributed by atoms with van der Waals surface area (Å²) in [5.41, 5.74) is 0. The maximum absolute atomic E-state index is 11.9. The van der Waals surface area contributed by atoms with Crippen LogP contribution in [-0.2, 0) is 4.79 Å². The third-order valence-corrected chi connectivity index (χ3v) is 3.16. The minimum Gasteiger partial charge on any atom is -0.329 e. The first kappa shape index (κ1) is 18.7. The third kappa shape index (κ3) is 8.18. The van der Waals surface area contributed by atoms with E-state index in [0.717, 1.165) is 19.6 Å². The summed E-state index contributed by atoms with van der Waals surface area (Å²) in [6.45, 7) is 6.90. The minimum absolute atomic E-state index is 0.00889. The minimum atomic E-state index is -4.49. The number of hydrogen-bond donors (Lipinski definition) is 2. The fraction of sp³-hybridized carbons (Fsp3) is 0.846. The van der Waals surface area contributed by atoms with Gasteiger partial charge < -0.3 is 10.2 Å². The van der Waals surface area contributed by atoms with Crippen LogP contribution in [-0.4, -0.2) is 73.7 Å². The van der Waals surface area contributed by atoms with Crippen molar-refractivity contribution in [1.82, 2.24) is 20.4 Å². The zero-order valence-electron chi connectivity index (χ0n) is 12.9. The van der Waals surface area contributed by atoms with Gasteiger partial charge in [-0.3, -0.25) is 15.0 Å². The number of nitrogens with zero attached hydrogens (tertiary/aromatic N) is 2. The van der Waals surface area contributed by atoms with Crippen molar-refractivity contribution in [3.05, 3.63) is 0 Å². The summed E-state index contributed by atoms with van der Waals surface area (Å²) in [4.78, 5) is 26.9. The van der Waals surface area contributed by atoms with Gasteiger partial charge in [0.05, 0.1) is 6.54 Å². The van der Waals surface area contributed by atoms with E-state index >= 15 is 0 Å². The van der Waals surface area contributed by atoms with Crippen molar-refractivity contribution < 1.29 is 22.8 Å². The van der Waals surface area contributed by atoms with Crippen LogP contribution in [0.4, 0.5) is 18.0 Å². The summed E-state index contributed by atoms with van der Waals surface area (Å²) in [5, 5.41) is 3.50. The Morgan fingerprint density at radius 3 is 2.14 bits per heavy atom. The summed E-state index contributed by atoms with van der Waals surface area (Å²) >= 11 is 0. The number of alkyl halides is 3. The summed E-state index contributed by atoms with van der Waals surface area (Å²) < 4.78 is 35.7. The first-order chi connectivity index (χ1) is 10.2. The van der Waals surface area contributed by atoms with E-state index in [1.165, 1.54) is 0 Å². The van der Waals surface area contributed by atoms with Gasteiger partial charge in [-0.2, -0.15) is 13.2 Å². The second kappa shape index (κ2) is 8.33. The van der Waals surface area contributed by atoms with Crippen molar-refractivity contribution in [2.45, 2.75) is 20.0 Å². The second-order valence-electron chi connectivity index (χ2n) is 5.82. The van der Waals surface area contributed by atoms with Crippen LogP contribution in [0, 0.1) is 5.92 Å². The highest BCUT2D eigenvalue weighted by molar-refractivity contribution is 5.95. The van der Waals surface area contributed by atoms with Gasteiger partial charge >= 0.3 is 12.2 Å². The summed E-state index contributed by atoms with van der Waals surface area (Å²) in [6.07, 6.45) is -4.49. The van der Waals surface area contributed by atoms with Gasteiger partial charge in [-0.05, 0) is 5.92 Å². The molecular formula is C13H23F3N4O2. The van der Waals surface area contributed by atoms with E-state index in [9.17, 15) is 22.8 Å². The Hall–Kier alpha value is -1.35. The average Bonchev–Trinajstić information content (AvgIpc) is 2.37. The van der Waals surface area contributed by atoms with E-state index in [4.69, 9.17) is 0 Å². The molecule has 0 spiro atoms. The van der Waals surface area contributed by atoms with E-state index < -0.39 is 24.7 Å². The molecule has 1 rings (SSSR count). The predicted molar refractivity (Wildman–Crippen MR) is 75.3 cm³/mol. The smallest absolute Gasteiger partial charge is 0.329 e. The molecule has 0 aromatic carbocycles. The molecule has 0 radical (unpaired) electrons. The molecule has 22 heavy (non-hydrogen) atoms. The van der Waals surface area contributed by atoms with Gasteiger partial charge in [0.1, 0.15) is 6.54 Å². The SMILES string of the molecule is CC(C)CN1CCN(CC(=O)NC(=O)NCC(F)(F)F)CC1. The van der Waals surface area contributed by atoms with Gasteiger partial charge in [-0.1, -0.05) is 13.8 Å². The molecule has 1 heterocycles. The largest absolute Gasteiger partial charge is 0.405 e. The Morgan fingerprint density at radius 1 is 1.09 bits per heavy atom. The van der Waals surface area contributed by atoms with Crippen molar-refractivity contribution in [3.63, 3.8) is 0 Å². The highest BCUT2D eigenvalue weighted by Crippen LogP contribution is 2.11. The lowest BCUT2D eigenvalue weighted by Crippen LogP contribution is -2.52. The molecule has 0 aliphatic carbocycles. The van der Waals surface area contributed by atoms with E-state index in [1.807, 2.05) is 10.2 Å². The quantitative estimate of drug-likeness (QED) is 0.779. The molecular weight excluding hydrogens is 301 g/mol. The lowest BCUT2D eigenvalue weighted by atomic mass is 10.2. The van der Waals surface area contributed by atoms with Crippen molar-refractivity contribution >= 4 is 11.9 Å². The van der Waals surface area contributed by atoms with Crippen molar-refractivity contribution in [3.8, 4) is 0 Å². The molecule has 0 unspecified atom stereocenters. The number of halogens is 3. The Kier molecular flexibility index (Phi) is 7.08. The molecule has 1 aliphatic rings. The topological polar surface area (TPSA) is 64.7 Å². The van der Waals surface area contributed by atoms with E-state index in [2.05, 4.69) is 18.7 Å². The van der Waals surface area contributed by atoms with Crippen LogP contribution in [0.3, 0.4) is 0 Å². The number of nitrogens with one attached hydrogen (secondary N) is 2. The molecule has 3 amide bonds. The van der Waals surface area contributed by atoms with Crippen molar-refractivity contribution in [2.24, 2.45) is 5.92 Å². The number of imide groups is 1. The number of amides is 3. The highest BCUT2D eigenvalue weighted by atomic mass is 19.4. The van der Waals surface area contributed by atoms with Gasteiger partial charge in [0.2, 0.25) is 5.91 Å². The number of hydrogen-bond acceptors (Lipinski definition) is 4. The highest BCUT2D eigenvalue weighted by Gasteiger charge is 2.28. The number of piperazine rings is 1. The van der Waals surface area contributed by atoms with Crippen molar-refractivity contribution in [1.29, 1.82) is 0 Å². The van der Waals surface area contributed by atoms with Crippen LogP contribution < -0.4 is 10.6 Å². The molecule has 0 atom stereocenters. The van der Waals surface area contributed by atoms with Crippen LogP contribution in [0.25, 0.3) is 0 Å². The van der Waals surface area contributed by atoms with Crippen LogP contribution in [0.5, 0.6) is 0 Å². The fourth-order valence-corrected chi connectivity index (χ4v) is 2.24. The van der Waals surface area contributed by atoms with Crippen LogP contribution in [0.2, 0.25) is 0 Å². The number of rotatable bonds is 5. The Morgan fingerprint density at radius 2 is 1.64 bits per heavy atom. The van der Waals surface area contributed by atoms with Gasteiger partial charge in [0, 0.05) is 32.7 Å². The van der Waals surface area contributed by atoms with E-state index in [1.54, 1.807) is 5.32 Å². The molecule has 2 N–H and O–H groups in total. The monoisotopic (exact) mass is 324 g/mol. The fourth-order valence-electron chi connectivity index (χ4n) is 2.24. The molecule has 6 nitrogen and oxygen atoms in total. The maximum atomic E-state index is 11.9. The molecule has 0 saturated carbocycles. The summed E-state index contributed by atoms with van der Waals surface area (Å²) in [7, 11) is 0. The second-order valence-corrected chi connectivity index (χ2v) is 5.82. The standard InChI is InChI=1S/C13H23F3N4O2/c1-10(2)7-19-3-5-20(6-4-19)8-11(21)18-12(22)17-9-13(14,15)16/h10H,3-9H2,1-2H3,(H2,17,18,21,22). The molecule has 0 aromatic rings. The number of urea groups is 1. The summed E-state index contributed by atoms with van der Waals surface area (Å²) in [5.74, 6) is -0.0239. The Labute approximate surface area is 128 Å². The molecule has 1 fully saturated rings. The zero-order chi connectivity index (χ0) is 16.8. The first-order valence-electron chi connectivity index (χ1n) is 7.25. The molecule has 128 valence electrons. The molecule has 9 heteroatoms. The van der Waals surface area contributed by atoms with Gasteiger partial charge in [0.25, 0.3) is 0 Å². The first-order valence-corrected chi connectivity index (χ1v) is 7.25. The van der Waals surface area contributed by atoms with Crippen LogP contribution in [0.1, 0.15) is 13.8 Å². The maximum Gasteiger partial charge on any atom is 0.405 e. The lowest BCUT2D eigenvalue weighted by Gasteiger charge is -2.35.